The van der Waals surface area contributed by atoms with E-state index in [0.717, 1.165) is 34.3 Å². The van der Waals surface area contributed by atoms with Crippen molar-refractivity contribution < 1.29 is 13.9 Å². The van der Waals surface area contributed by atoms with Crippen molar-refractivity contribution in [3.05, 3.63) is 94.4 Å². The van der Waals surface area contributed by atoms with Crippen LogP contribution in [-0.4, -0.2) is 28.7 Å². The highest BCUT2D eigenvalue weighted by molar-refractivity contribution is 7.80. The Balaban J connectivity index is 1.57. The second-order valence-electron chi connectivity index (χ2n) is 7.65. The molecule has 32 heavy (non-hydrogen) atoms. The van der Waals surface area contributed by atoms with Crippen LogP contribution >= 0.6 is 23.8 Å². The van der Waals surface area contributed by atoms with Gasteiger partial charge in [-0.05, 0) is 84.4 Å². The van der Waals surface area contributed by atoms with Crippen molar-refractivity contribution in [2.75, 3.05) is 13.7 Å². The third-order valence-electron chi connectivity index (χ3n) is 5.77. The van der Waals surface area contributed by atoms with Gasteiger partial charge in [0.15, 0.2) is 0 Å². The number of thiocarbonyl (C=S) groups is 1. The number of nitrogens with zero attached hydrogens (tertiary/aromatic N) is 1. The number of fused-ring (bicyclic) bond motifs is 3. The standard InChI is InChI=1S/C25H20ClFN2O2S/c1-30-18-7-2-15(3-8-18)24-23-20(21-14-16(26)4-11-22(21)28-23)12-13-29(24)25(32)31-19-9-5-17(27)6-10-19/h2-11,14,24,28H,12-13H2,1H3. The first-order valence-electron chi connectivity index (χ1n) is 10.2. The van der Waals surface area contributed by atoms with Crippen LogP contribution in [0.25, 0.3) is 10.9 Å². The van der Waals surface area contributed by atoms with Crippen LogP contribution in [0, 0.1) is 5.82 Å². The number of hydrogen-bond donors (Lipinski definition) is 1. The summed E-state index contributed by atoms with van der Waals surface area (Å²) in [6.45, 7) is 0.670. The van der Waals surface area contributed by atoms with Crippen molar-refractivity contribution in [2.45, 2.75) is 12.5 Å². The van der Waals surface area contributed by atoms with Gasteiger partial charge in [-0.2, -0.15) is 0 Å². The molecule has 0 spiro atoms. The fourth-order valence-electron chi connectivity index (χ4n) is 4.25. The molecular weight excluding hydrogens is 447 g/mol. The summed E-state index contributed by atoms with van der Waals surface area (Å²) in [4.78, 5) is 5.64. The summed E-state index contributed by atoms with van der Waals surface area (Å²) >= 11 is 12.0. The van der Waals surface area contributed by atoms with E-state index >= 15 is 0 Å². The van der Waals surface area contributed by atoms with Crippen molar-refractivity contribution in [2.24, 2.45) is 0 Å². The third kappa shape index (κ3) is 3.80. The van der Waals surface area contributed by atoms with Gasteiger partial charge < -0.3 is 19.4 Å². The maximum atomic E-state index is 13.3. The molecule has 0 fully saturated rings. The van der Waals surface area contributed by atoms with Gasteiger partial charge in [0.25, 0.3) is 5.17 Å². The van der Waals surface area contributed by atoms with Gasteiger partial charge in [0.1, 0.15) is 17.3 Å². The summed E-state index contributed by atoms with van der Waals surface area (Å²) in [5.74, 6) is 0.961. The number of ether oxygens (including phenoxy) is 2. The Morgan fingerprint density at radius 3 is 2.50 bits per heavy atom. The highest BCUT2D eigenvalue weighted by Crippen LogP contribution is 2.40. The van der Waals surface area contributed by atoms with Crippen LogP contribution in [-0.2, 0) is 6.42 Å². The number of halogens is 2. The number of rotatable bonds is 3. The van der Waals surface area contributed by atoms with Gasteiger partial charge >= 0.3 is 0 Å². The zero-order valence-electron chi connectivity index (χ0n) is 17.3. The van der Waals surface area contributed by atoms with Crippen LogP contribution in [0.4, 0.5) is 4.39 Å². The lowest BCUT2D eigenvalue weighted by Crippen LogP contribution is -2.42. The number of nitrogens with one attached hydrogen (secondary N) is 1. The van der Waals surface area contributed by atoms with E-state index in [1.165, 1.54) is 17.7 Å². The van der Waals surface area contributed by atoms with Crippen LogP contribution in [0.2, 0.25) is 5.02 Å². The minimum atomic E-state index is -0.321. The molecular formula is C25H20ClFN2O2S. The van der Waals surface area contributed by atoms with Crippen LogP contribution in [0.5, 0.6) is 11.5 Å². The molecule has 162 valence electrons. The van der Waals surface area contributed by atoms with Gasteiger partial charge in [-0.25, -0.2) is 4.39 Å². The van der Waals surface area contributed by atoms with Gasteiger partial charge in [-0.1, -0.05) is 23.7 Å². The van der Waals surface area contributed by atoms with E-state index in [1.807, 2.05) is 42.5 Å². The third-order valence-corrected chi connectivity index (χ3v) is 6.33. The van der Waals surface area contributed by atoms with Gasteiger partial charge in [0, 0.05) is 28.2 Å². The molecule has 7 heteroatoms. The lowest BCUT2D eigenvalue weighted by molar-refractivity contribution is 0.289. The Kier molecular flexibility index (Phi) is 5.49. The highest BCUT2D eigenvalue weighted by Gasteiger charge is 2.34. The van der Waals surface area contributed by atoms with Crippen LogP contribution in [0.3, 0.4) is 0 Å². The topological polar surface area (TPSA) is 37.5 Å². The molecule has 1 atom stereocenters. The van der Waals surface area contributed by atoms with E-state index in [-0.39, 0.29) is 11.9 Å². The lowest BCUT2D eigenvalue weighted by Gasteiger charge is -2.37. The summed E-state index contributed by atoms with van der Waals surface area (Å²) in [6, 6.07) is 19.5. The Bertz CT molecular complexity index is 1290. The number of methoxy groups -OCH3 is 1. The first-order valence-corrected chi connectivity index (χ1v) is 11.0. The van der Waals surface area contributed by atoms with Gasteiger partial charge in [-0.3, -0.25) is 0 Å². The van der Waals surface area contributed by atoms with Crippen molar-refractivity contribution >= 4 is 39.9 Å². The Morgan fingerprint density at radius 1 is 1.06 bits per heavy atom. The van der Waals surface area contributed by atoms with E-state index in [1.54, 1.807) is 19.2 Å². The molecule has 4 nitrogen and oxygen atoms in total. The predicted octanol–water partition coefficient (Wildman–Crippen LogP) is 6.28. The van der Waals surface area contributed by atoms with E-state index in [0.29, 0.717) is 22.5 Å². The largest absolute Gasteiger partial charge is 0.497 e. The highest BCUT2D eigenvalue weighted by atomic mass is 35.5. The van der Waals surface area contributed by atoms with E-state index in [4.69, 9.17) is 33.3 Å². The minimum Gasteiger partial charge on any atom is -0.497 e. The van der Waals surface area contributed by atoms with Crippen molar-refractivity contribution in [1.82, 2.24) is 9.88 Å². The molecule has 0 aliphatic carbocycles. The van der Waals surface area contributed by atoms with E-state index in [9.17, 15) is 4.39 Å². The summed E-state index contributed by atoms with van der Waals surface area (Å²) < 4.78 is 24.6. The minimum absolute atomic E-state index is 0.177. The van der Waals surface area contributed by atoms with Crippen LogP contribution in [0.15, 0.2) is 66.7 Å². The SMILES string of the molecule is COc1ccc(C2c3[nH]c4ccc(Cl)cc4c3CCN2C(=S)Oc2ccc(F)cc2)cc1. The van der Waals surface area contributed by atoms with Crippen molar-refractivity contribution in [3.63, 3.8) is 0 Å². The zero-order valence-corrected chi connectivity index (χ0v) is 18.8. The first-order chi connectivity index (χ1) is 15.5. The number of H-pyrrole nitrogens is 1. The first kappa shape index (κ1) is 20.8. The summed E-state index contributed by atoms with van der Waals surface area (Å²) in [5.41, 5.74) is 4.37. The van der Waals surface area contributed by atoms with Gasteiger partial charge in [0.05, 0.1) is 13.2 Å². The molecule has 0 saturated carbocycles. The number of aromatic nitrogens is 1. The van der Waals surface area contributed by atoms with Crippen LogP contribution < -0.4 is 9.47 Å². The fraction of sp³-hybridized carbons (Fsp3) is 0.160. The normalized spacial score (nSPS) is 15.5. The summed E-state index contributed by atoms with van der Waals surface area (Å²) in [5, 5.41) is 2.16. The molecule has 5 rings (SSSR count). The van der Waals surface area contributed by atoms with Crippen LogP contribution in [0.1, 0.15) is 22.9 Å². The Hall–Kier alpha value is -3.09. The number of hydrogen-bond acceptors (Lipinski definition) is 3. The lowest BCUT2D eigenvalue weighted by atomic mass is 9.93. The maximum Gasteiger partial charge on any atom is 0.265 e. The molecule has 3 aromatic carbocycles. The molecule has 2 heterocycles. The smallest absolute Gasteiger partial charge is 0.265 e. The monoisotopic (exact) mass is 466 g/mol. The quantitative estimate of drug-likeness (QED) is 0.360. The van der Waals surface area contributed by atoms with Gasteiger partial charge in [-0.15, -0.1) is 0 Å². The van der Waals surface area contributed by atoms with Crippen molar-refractivity contribution in [3.8, 4) is 11.5 Å². The zero-order chi connectivity index (χ0) is 22.2. The molecule has 0 bridgehead atoms. The Morgan fingerprint density at radius 2 is 1.78 bits per heavy atom. The number of aromatic amines is 1. The fourth-order valence-corrected chi connectivity index (χ4v) is 4.72. The van der Waals surface area contributed by atoms with Gasteiger partial charge in [0.2, 0.25) is 0 Å². The molecule has 4 aromatic rings. The molecule has 1 aliphatic rings. The molecule has 1 unspecified atom stereocenters. The molecule has 0 radical (unpaired) electrons. The second-order valence-corrected chi connectivity index (χ2v) is 8.43. The second kappa shape index (κ2) is 8.45. The van der Waals surface area contributed by atoms with E-state index in [2.05, 4.69) is 9.88 Å². The maximum absolute atomic E-state index is 13.3. The molecule has 1 aliphatic heterocycles. The number of benzene rings is 3. The molecule has 0 amide bonds. The summed E-state index contributed by atoms with van der Waals surface area (Å²) in [7, 11) is 1.65. The molecule has 1 N–H and O–H groups in total. The average Bonchev–Trinajstić information content (AvgIpc) is 3.18. The summed E-state index contributed by atoms with van der Waals surface area (Å²) in [6.07, 6.45) is 0.787. The molecule has 1 aromatic heterocycles. The average molecular weight is 467 g/mol. The Labute approximate surface area is 195 Å². The van der Waals surface area contributed by atoms with Crippen molar-refractivity contribution in [1.29, 1.82) is 0 Å². The van der Waals surface area contributed by atoms with E-state index < -0.39 is 0 Å². The molecule has 0 saturated heterocycles. The predicted molar refractivity (Wildman–Crippen MR) is 128 cm³/mol.